The van der Waals surface area contributed by atoms with Crippen molar-refractivity contribution >= 4 is 10.0 Å². The fraction of sp³-hybridized carbons (Fsp3) is 0.769. The van der Waals surface area contributed by atoms with Crippen LogP contribution < -0.4 is 5.32 Å². The van der Waals surface area contributed by atoms with E-state index in [0.717, 1.165) is 5.56 Å². The van der Waals surface area contributed by atoms with Crippen LogP contribution in [-0.2, 0) is 16.6 Å². The zero-order valence-electron chi connectivity index (χ0n) is 12.0. The van der Waals surface area contributed by atoms with Crippen molar-refractivity contribution in [2.75, 3.05) is 13.1 Å². The number of nitrogens with one attached hydrogen (secondary N) is 2. The zero-order valence-corrected chi connectivity index (χ0v) is 12.8. The molecule has 2 aliphatic rings. The van der Waals surface area contributed by atoms with Gasteiger partial charge in [0.25, 0.3) is 10.0 Å². The van der Waals surface area contributed by atoms with Gasteiger partial charge in [-0.15, -0.1) is 0 Å². The number of hydrogen-bond donors (Lipinski definition) is 2. The van der Waals surface area contributed by atoms with Crippen molar-refractivity contribution in [3.05, 3.63) is 11.8 Å². The van der Waals surface area contributed by atoms with E-state index >= 15 is 0 Å². The molecule has 2 fully saturated rings. The van der Waals surface area contributed by atoms with E-state index < -0.39 is 10.0 Å². The normalized spacial score (nSPS) is 28.1. The van der Waals surface area contributed by atoms with Crippen molar-refractivity contribution in [3.63, 3.8) is 0 Å². The highest BCUT2D eigenvalue weighted by Crippen LogP contribution is 2.28. The van der Waals surface area contributed by atoms with Gasteiger partial charge in [0.2, 0.25) is 0 Å². The maximum atomic E-state index is 12.7. The molecule has 112 valence electrons. The third-order valence-corrected chi connectivity index (χ3v) is 6.24. The lowest BCUT2D eigenvalue weighted by atomic mass is 10.0. The van der Waals surface area contributed by atoms with Crippen LogP contribution in [-0.4, -0.2) is 42.1 Å². The van der Waals surface area contributed by atoms with Gasteiger partial charge in [-0.2, -0.15) is 9.40 Å². The summed E-state index contributed by atoms with van der Waals surface area (Å²) >= 11 is 0. The minimum Gasteiger partial charge on any atom is -0.310 e. The maximum absolute atomic E-state index is 12.7. The average molecular weight is 298 g/mol. The van der Waals surface area contributed by atoms with Crippen LogP contribution in [0.3, 0.4) is 0 Å². The van der Waals surface area contributed by atoms with Gasteiger partial charge in [-0.3, -0.25) is 5.10 Å². The summed E-state index contributed by atoms with van der Waals surface area (Å²) < 4.78 is 27.0. The molecular weight excluding hydrogens is 276 g/mol. The number of aromatic amines is 1. The third-order valence-electron chi connectivity index (χ3n) is 4.39. The lowest BCUT2D eigenvalue weighted by Gasteiger charge is -2.16. The Balaban J connectivity index is 1.78. The van der Waals surface area contributed by atoms with Crippen LogP contribution in [0.2, 0.25) is 0 Å². The summed E-state index contributed by atoms with van der Waals surface area (Å²) in [7, 11) is -3.44. The number of aromatic nitrogens is 2. The van der Waals surface area contributed by atoms with Gasteiger partial charge in [0.05, 0.1) is 6.20 Å². The molecule has 2 N–H and O–H groups in total. The van der Waals surface area contributed by atoms with Crippen molar-refractivity contribution < 1.29 is 8.42 Å². The Morgan fingerprint density at radius 3 is 2.60 bits per heavy atom. The summed E-state index contributed by atoms with van der Waals surface area (Å²) in [6.07, 6.45) is 3.98. The SMILES string of the molecule is CC1CN(S(=O)(=O)c2[nH]ncc2CNC2CC2)CC1C. The van der Waals surface area contributed by atoms with E-state index in [9.17, 15) is 8.42 Å². The summed E-state index contributed by atoms with van der Waals surface area (Å²) in [5.74, 6) is 0.807. The van der Waals surface area contributed by atoms with E-state index in [1.807, 2.05) is 0 Å². The van der Waals surface area contributed by atoms with Gasteiger partial charge < -0.3 is 5.32 Å². The van der Waals surface area contributed by atoms with E-state index in [-0.39, 0.29) is 5.03 Å². The molecular formula is C13H22N4O2S. The van der Waals surface area contributed by atoms with Crippen molar-refractivity contribution in [1.82, 2.24) is 19.8 Å². The molecule has 1 aromatic heterocycles. The van der Waals surface area contributed by atoms with E-state index in [1.165, 1.54) is 12.8 Å². The number of nitrogens with zero attached hydrogens (tertiary/aromatic N) is 2. The molecule has 20 heavy (non-hydrogen) atoms. The van der Waals surface area contributed by atoms with E-state index in [2.05, 4.69) is 29.4 Å². The minimum absolute atomic E-state index is 0.256. The van der Waals surface area contributed by atoms with Gasteiger partial charge in [-0.05, 0) is 24.7 Å². The first-order valence-corrected chi connectivity index (χ1v) is 8.68. The highest BCUT2D eigenvalue weighted by Gasteiger charge is 2.37. The average Bonchev–Trinajstić information content (AvgIpc) is 2.99. The quantitative estimate of drug-likeness (QED) is 0.848. The monoisotopic (exact) mass is 298 g/mol. The molecule has 1 saturated carbocycles. The molecule has 7 heteroatoms. The molecule has 1 saturated heterocycles. The zero-order chi connectivity index (χ0) is 14.3. The molecule has 6 nitrogen and oxygen atoms in total. The summed E-state index contributed by atoms with van der Waals surface area (Å²) in [5.41, 5.74) is 0.740. The molecule has 1 aliphatic carbocycles. The molecule has 2 heterocycles. The Labute approximate surface area is 120 Å². The van der Waals surface area contributed by atoms with Gasteiger partial charge in [-0.1, -0.05) is 13.8 Å². The van der Waals surface area contributed by atoms with Crippen LogP contribution in [0.15, 0.2) is 11.2 Å². The molecule has 1 aromatic rings. The summed E-state index contributed by atoms with van der Waals surface area (Å²) in [4.78, 5) is 0. The number of sulfonamides is 1. The highest BCUT2D eigenvalue weighted by molar-refractivity contribution is 7.89. The first-order valence-electron chi connectivity index (χ1n) is 7.24. The number of hydrogen-bond acceptors (Lipinski definition) is 4. The largest absolute Gasteiger partial charge is 0.310 e. The minimum atomic E-state index is -3.44. The molecule has 0 aromatic carbocycles. The molecule has 0 radical (unpaired) electrons. The predicted octanol–water partition coefficient (Wildman–Crippen LogP) is 0.938. The van der Waals surface area contributed by atoms with Crippen LogP contribution in [0.4, 0.5) is 0 Å². The Hall–Kier alpha value is -0.920. The van der Waals surface area contributed by atoms with Crippen molar-refractivity contribution in [2.24, 2.45) is 11.8 Å². The summed E-state index contributed by atoms with van der Waals surface area (Å²) in [6, 6.07) is 0.548. The van der Waals surface area contributed by atoms with Crippen LogP contribution in [0, 0.1) is 11.8 Å². The molecule has 0 amide bonds. The second-order valence-corrected chi connectivity index (χ2v) is 8.03. The van der Waals surface area contributed by atoms with Crippen LogP contribution in [0.1, 0.15) is 32.3 Å². The van der Waals surface area contributed by atoms with Crippen molar-refractivity contribution in [2.45, 2.75) is 44.3 Å². The molecule has 3 rings (SSSR count). The van der Waals surface area contributed by atoms with Gasteiger partial charge in [0.1, 0.15) is 0 Å². The molecule has 2 atom stereocenters. The Bertz CT molecular complexity index is 569. The van der Waals surface area contributed by atoms with E-state index in [0.29, 0.717) is 37.5 Å². The van der Waals surface area contributed by atoms with Crippen LogP contribution in [0.25, 0.3) is 0 Å². The van der Waals surface area contributed by atoms with Crippen molar-refractivity contribution in [1.29, 1.82) is 0 Å². The first kappa shape index (κ1) is 14.0. The van der Waals surface area contributed by atoms with E-state index in [4.69, 9.17) is 0 Å². The topological polar surface area (TPSA) is 78.1 Å². The fourth-order valence-corrected chi connectivity index (χ4v) is 4.34. The van der Waals surface area contributed by atoms with Gasteiger partial charge >= 0.3 is 0 Å². The Kier molecular flexibility index (Phi) is 3.60. The standard InChI is InChI=1S/C13H22N4O2S/c1-9-7-17(8-10(9)2)20(18,19)13-11(6-15-16-13)5-14-12-3-4-12/h6,9-10,12,14H,3-5,7-8H2,1-2H3,(H,15,16). The van der Waals surface area contributed by atoms with Gasteiger partial charge in [0.15, 0.2) is 5.03 Å². The molecule has 0 spiro atoms. The number of rotatable bonds is 5. The second-order valence-electron chi connectivity index (χ2n) is 6.16. The Morgan fingerprint density at radius 2 is 2.00 bits per heavy atom. The predicted molar refractivity (Wildman–Crippen MR) is 75.5 cm³/mol. The molecule has 1 aliphatic heterocycles. The lowest BCUT2D eigenvalue weighted by molar-refractivity contribution is 0.459. The van der Waals surface area contributed by atoms with Gasteiger partial charge in [0, 0.05) is 31.2 Å². The van der Waals surface area contributed by atoms with Gasteiger partial charge in [-0.25, -0.2) is 8.42 Å². The summed E-state index contributed by atoms with van der Waals surface area (Å²) in [5, 5.41) is 10.2. The maximum Gasteiger partial charge on any atom is 0.260 e. The van der Waals surface area contributed by atoms with Crippen molar-refractivity contribution in [3.8, 4) is 0 Å². The fourth-order valence-electron chi connectivity index (χ4n) is 2.59. The lowest BCUT2D eigenvalue weighted by Crippen LogP contribution is -2.30. The van der Waals surface area contributed by atoms with Crippen LogP contribution >= 0.6 is 0 Å². The molecule has 0 bridgehead atoms. The summed E-state index contributed by atoms with van der Waals surface area (Å²) in [6.45, 7) is 5.95. The smallest absolute Gasteiger partial charge is 0.260 e. The Morgan fingerprint density at radius 1 is 1.35 bits per heavy atom. The number of H-pyrrole nitrogens is 1. The van der Waals surface area contributed by atoms with E-state index in [1.54, 1.807) is 10.5 Å². The third kappa shape index (κ3) is 2.62. The second kappa shape index (κ2) is 5.13. The molecule has 2 unspecified atom stereocenters. The highest BCUT2D eigenvalue weighted by atomic mass is 32.2. The first-order chi connectivity index (χ1) is 9.48. The van der Waals surface area contributed by atoms with Crippen LogP contribution in [0.5, 0.6) is 0 Å².